The van der Waals surface area contributed by atoms with Gasteiger partial charge >= 0.3 is 0 Å². The maximum atomic E-state index is 14.3. The fourth-order valence-corrected chi connectivity index (χ4v) is 4.38. The van der Waals surface area contributed by atoms with Crippen molar-refractivity contribution < 1.29 is 13.6 Å². The highest BCUT2D eigenvalue weighted by Gasteiger charge is 2.37. The Kier molecular flexibility index (Phi) is 5.27. The zero-order chi connectivity index (χ0) is 19.7. The van der Waals surface area contributed by atoms with Crippen molar-refractivity contribution in [2.24, 2.45) is 11.7 Å². The van der Waals surface area contributed by atoms with Crippen molar-refractivity contribution in [2.75, 3.05) is 6.54 Å². The summed E-state index contributed by atoms with van der Waals surface area (Å²) < 4.78 is 28.1. The molecule has 1 aliphatic heterocycles. The van der Waals surface area contributed by atoms with Crippen molar-refractivity contribution in [1.82, 2.24) is 4.90 Å². The molecule has 1 heterocycles. The molecule has 28 heavy (non-hydrogen) atoms. The predicted octanol–water partition coefficient (Wildman–Crippen LogP) is 4.45. The number of nitrogens with two attached hydrogens (primary N) is 1. The molecule has 2 aromatic carbocycles. The molecular formula is C23H24F2N2O. The number of carbonyl (C=O) groups excluding carboxylic acids is 1. The van der Waals surface area contributed by atoms with Gasteiger partial charge in [-0.3, -0.25) is 4.79 Å². The van der Waals surface area contributed by atoms with Crippen LogP contribution in [0.5, 0.6) is 0 Å². The first-order chi connectivity index (χ1) is 13.5. The molecule has 146 valence electrons. The van der Waals surface area contributed by atoms with Crippen molar-refractivity contribution in [3.63, 3.8) is 0 Å². The third kappa shape index (κ3) is 3.59. The van der Waals surface area contributed by atoms with E-state index in [4.69, 9.17) is 5.73 Å². The summed E-state index contributed by atoms with van der Waals surface area (Å²) in [7, 11) is 0. The molecule has 4 rings (SSSR count). The lowest BCUT2D eigenvalue weighted by atomic mass is 9.97. The molecule has 0 saturated heterocycles. The van der Waals surface area contributed by atoms with Crippen molar-refractivity contribution in [3.05, 3.63) is 77.4 Å². The van der Waals surface area contributed by atoms with Gasteiger partial charge in [0.05, 0.1) is 12.1 Å². The molecule has 0 bridgehead atoms. The molecule has 1 saturated carbocycles. The van der Waals surface area contributed by atoms with Gasteiger partial charge in [0.15, 0.2) is 0 Å². The van der Waals surface area contributed by atoms with Crippen LogP contribution >= 0.6 is 0 Å². The van der Waals surface area contributed by atoms with Crippen LogP contribution in [0.1, 0.15) is 42.9 Å². The second-order valence-electron chi connectivity index (χ2n) is 7.71. The highest BCUT2D eigenvalue weighted by molar-refractivity contribution is 5.87. The number of benzene rings is 2. The molecule has 0 spiro atoms. The summed E-state index contributed by atoms with van der Waals surface area (Å²) in [4.78, 5) is 15.0. The lowest BCUT2D eigenvalue weighted by Crippen LogP contribution is -2.47. The van der Waals surface area contributed by atoms with Gasteiger partial charge in [-0.25, -0.2) is 8.78 Å². The summed E-state index contributed by atoms with van der Waals surface area (Å²) in [5.41, 5.74) is 8.07. The van der Waals surface area contributed by atoms with E-state index in [1.54, 1.807) is 4.90 Å². The smallest absolute Gasteiger partial charge is 0.240 e. The van der Waals surface area contributed by atoms with Gasteiger partial charge in [0.25, 0.3) is 0 Å². The molecule has 2 N–H and O–H groups in total. The van der Waals surface area contributed by atoms with Gasteiger partial charge in [0.2, 0.25) is 5.91 Å². The lowest BCUT2D eigenvalue weighted by Gasteiger charge is -2.30. The Morgan fingerprint density at radius 2 is 1.79 bits per heavy atom. The largest absolute Gasteiger partial charge is 0.326 e. The van der Waals surface area contributed by atoms with E-state index >= 15 is 0 Å². The fourth-order valence-electron chi connectivity index (χ4n) is 4.38. The minimum atomic E-state index is -0.557. The molecule has 2 unspecified atom stereocenters. The SMILES string of the molecule is NC(C(=O)N1CC(c2cc(F)ccc2F)=CC1c1ccccc1)C1CCCC1. The van der Waals surface area contributed by atoms with E-state index in [-0.39, 0.29) is 30.0 Å². The summed E-state index contributed by atoms with van der Waals surface area (Å²) in [6.45, 7) is 0.221. The van der Waals surface area contributed by atoms with E-state index in [0.29, 0.717) is 5.57 Å². The number of hydrogen-bond donors (Lipinski definition) is 1. The van der Waals surface area contributed by atoms with Crippen molar-refractivity contribution >= 4 is 11.5 Å². The molecule has 2 aliphatic rings. The number of amides is 1. The first-order valence-electron chi connectivity index (χ1n) is 9.81. The van der Waals surface area contributed by atoms with E-state index < -0.39 is 17.7 Å². The summed E-state index contributed by atoms with van der Waals surface area (Å²) in [6.07, 6.45) is 6.00. The third-order valence-corrected chi connectivity index (χ3v) is 5.93. The highest BCUT2D eigenvalue weighted by Crippen LogP contribution is 2.37. The average Bonchev–Trinajstić information content (AvgIpc) is 3.39. The Morgan fingerprint density at radius 1 is 1.07 bits per heavy atom. The Morgan fingerprint density at radius 3 is 2.50 bits per heavy atom. The van der Waals surface area contributed by atoms with Gasteiger partial charge in [0, 0.05) is 12.1 Å². The maximum Gasteiger partial charge on any atom is 0.240 e. The van der Waals surface area contributed by atoms with Crippen LogP contribution in [-0.4, -0.2) is 23.4 Å². The first-order valence-corrected chi connectivity index (χ1v) is 9.81. The molecule has 0 aromatic heterocycles. The van der Waals surface area contributed by atoms with Crippen molar-refractivity contribution in [1.29, 1.82) is 0 Å². The molecule has 1 amide bonds. The lowest BCUT2D eigenvalue weighted by molar-refractivity contribution is -0.134. The van der Waals surface area contributed by atoms with Crippen LogP contribution in [-0.2, 0) is 4.79 Å². The first kappa shape index (κ1) is 18.8. The van der Waals surface area contributed by atoms with Crippen LogP contribution in [0.25, 0.3) is 5.57 Å². The van der Waals surface area contributed by atoms with Crippen LogP contribution in [0.4, 0.5) is 8.78 Å². The summed E-state index contributed by atoms with van der Waals surface area (Å²) in [5, 5.41) is 0. The molecule has 2 atom stereocenters. The number of hydrogen-bond acceptors (Lipinski definition) is 2. The second-order valence-corrected chi connectivity index (χ2v) is 7.71. The molecule has 2 aromatic rings. The van der Waals surface area contributed by atoms with E-state index in [1.807, 2.05) is 36.4 Å². The van der Waals surface area contributed by atoms with Crippen LogP contribution in [0.2, 0.25) is 0 Å². The second kappa shape index (κ2) is 7.84. The van der Waals surface area contributed by atoms with E-state index in [0.717, 1.165) is 43.4 Å². The molecule has 5 heteroatoms. The Balaban J connectivity index is 1.67. The average molecular weight is 382 g/mol. The van der Waals surface area contributed by atoms with E-state index in [9.17, 15) is 13.6 Å². The van der Waals surface area contributed by atoms with E-state index in [2.05, 4.69) is 0 Å². The summed E-state index contributed by atoms with van der Waals surface area (Å²) in [6, 6.07) is 12.1. The minimum absolute atomic E-state index is 0.121. The maximum absolute atomic E-state index is 14.3. The van der Waals surface area contributed by atoms with Gasteiger partial charge in [-0.1, -0.05) is 49.2 Å². The zero-order valence-corrected chi connectivity index (χ0v) is 15.7. The fraction of sp³-hybridized carbons (Fsp3) is 0.348. The van der Waals surface area contributed by atoms with Crippen LogP contribution < -0.4 is 5.73 Å². The number of rotatable bonds is 4. The molecule has 0 radical (unpaired) electrons. The number of nitrogens with zero attached hydrogens (tertiary/aromatic N) is 1. The van der Waals surface area contributed by atoms with Gasteiger partial charge < -0.3 is 10.6 Å². The molecule has 1 fully saturated rings. The third-order valence-electron chi connectivity index (χ3n) is 5.93. The van der Waals surface area contributed by atoms with E-state index in [1.165, 1.54) is 6.07 Å². The monoisotopic (exact) mass is 382 g/mol. The topological polar surface area (TPSA) is 46.3 Å². The predicted molar refractivity (Wildman–Crippen MR) is 105 cm³/mol. The minimum Gasteiger partial charge on any atom is -0.326 e. The standard InChI is InChI=1S/C23H24F2N2O/c24-18-10-11-20(25)19(13-18)17-12-21(15-6-2-1-3-7-15)27(14-17)23(28)22(26)16-8-4-5-9-16/h1-3,6-7,10-13,16,21-22H,4-5,8-9,14,26H2. The summed E-state index contributed by atoms with van der Waals surface area (Å²) in [5.74, 6) is -0.919. The van der Waals surface area contributed by atoms with Gasteiger partial charge in [-0.05, 0) is 48.1 Å². The summed E-state index contributed by atoms with van der Waals surface area (Å²) >= 11 is 0. The molecular weight excluding hydrogens is 358 g/mol. The Bertz CT molecular complexity index is 891. The van der Waals surface area contributed by atoms with Crippen LogP contribution in [0.15, 0.2) is 54.6 Å². The Labute approximate surface area is 163 Å². The number of carbonyl (C=O) groups is 1. The van der Waals surface area contributed by atoms with Gasteiger partial charge in [-0.2, -0.15) is 0 Å². The quantitative estimate of drug-likeness (QED) is 0.849. The van der Waals surface area contributed by atoms with Crippen LogP contribution in [0, 0.1) is 17.6 Å². The normalized spacial score (nSPS) is 21.0. The number of halogens is 2. The van der Waals surface area contributed by atoms with Crippen LogP contribution in [0.3, 0.4) is 0 Å². The zero-order valence-electron chi connectivity index (χ0n) is 15.7. The van der Waals surface area contributed by atoms with Gasteiger partial charge in [0.1, 0.15) is 11.6 Å². The molecule has 3 nitrogen and oxygen atoms in total. The van der Waals surface area contributed by atoms with Crippen molar-refractivity contribution in [3.8, 4) is 0 Å². The highest BCUT2D eigenvalue weighted by atomic mass is 19.1. The Hall–Kier alpha value is -2.53. The molecule has 1 aliphatic carbocycles. The van der Waals surface area contributed by atoms with Crippen molar-refractivity contribution in [2.45, 2.75) is 37.8 Å². The van der Waals surface area contributed by atoms with Gasteiger partial charge in [-0.15, -0.1) is 0 Å².